The smallest absolute Gasteiger partial charge is 0.151 e. The Morgan fingerprint density at radius 1 is 1.64 bits per heavy atom. The van der Waals surface area contributed by atoms with Crippen molar-refractivity contribution in [2.45, 2.75) is 6.61 Å². The van der Waals surface area contributed by atoms with E-state index in [0.29, 0.717) is 10.8 Å². The molecule has 14 heavy (non-hydrogen) atoms. The summed E-state index contributed by atoms with van der Waals surface area (Å²) in [5.74, 6) is 0.800. The van der Waals surface area contributed by atoms with Gasteiger partial charge in [0, 0.05) is 7.05 Å². The van der Waals surface area contributed by atoms with E-state index in [1.54, 1.807) is 15.9 Å². The van der Waals surface area contributed by atoms with Crippen LogP contribution in [0.4, 0.5) is 0 Å². The molecule has 2 rings (SSSR count). The Hall–Kier alpha value is -0.840. The van der Waals surface area contributed by atoms with E-state index in [-0.39, 0.29) is 6.61 Å². The standard InChI is InChI=1S/C9H9ClN2OS/c1-12-8(10)6(5-13)11-9(12)7-3-2-4-14-7/h2-4,13H,5H2,1H3. The summed E-state index contributed by atoms with van der Waals surface area (Å²) in [5, 5.41) is 11.5. The molecule has 2 heterocycles. The molecule has 2 aromatic rings. The molecule has 0 aliphatic heterocycles. The molecular formula is C9H9ClN2OS. The Bertz CT molecular complexity index is 436. The third kappa shape index (κ3) is 1.45. The van der Waals surface area contributed by atoms with Gasteiger partial charge in [-0.3, -0.25) is 0 Å². The highest BCUT2D eigenvalue weighted by Crippen LogP contribution is 2.27. The van der Waals surface area contributed by atoms with Crippen molar-refractivity contribution in [3.8, 4) is 10.7 Å². The van der Waals surface area contributed by atoms with Crippen LogP contribution in [0.1, 0.15) is 5.69 Å². The van der Waals surface area contributed by atoms with Crippen LogP contribution in [0.2, 0.25) is 5.15 Å². The lowest BCUT2D eigenvalue weighted by molar-refractivity contribution is 0.277. The van der Waals surface area contributed by atoms with Crippen LogP contribution in [0.15, 0.2) is 17.5 Å². The minimum atomic E-state index is -0.127. The summed E-state index contributed by atoms with van der Waals surface area (Å²) in [5.41, 5.74) is 0.526. The van der Waals surface area contributed by atoms with Crippen molar-refractivity contribution in [3.63, 3.8) is 0 Å². The molecule has 0 aliphatic rings. The van der Waals surface area contributed by atoms with Gasteiger partial charge in [0.25, 0.3) is 0 Å². The Morgan fingerprint density at radius 3 is 2.93 bits per heavy atom. The molecule has 0 aliphatic carbocycles. The fourth-order valence-electron chi connectivity index (χ4n) is 1.26. The lowest BCUT2D eigenvalue weighted by Gasteiger charge is -1.97. The van der Waals surface area contributed by atoms with Gasteiger partial charge in [-0.1, -0.05) is 17.7 Å². The van der Waals surface area contributed by atoms with Gasteiger partial charge in [-0.05, 0) is 11.4 Å². The van der Waals surface area contributed by atoms with Crippen LogP contribution < -0.4 is 0 Å². The molecule has 0 radical (unpaired) electrons. The fourth-order valence-corrected chi connectivity index (χ4v) is 2.19. The Labute approximate surface area is 90.6 Å². The molecule has 0 aromatic carbocycles. The fraction of sp³-hybridized carbons (Fsp3) is 0.222. The van der Waals surface area contributed by atoms with Gasteiger partial charge in [0.2, 0.25) is 0 Å². The van der Waals surface area contributed by atoms with E-state index < -0.39 is 0 Å². The maximum Gasteiger partial charge on any atom is 0.151 e. The number of aliphatic hydroxyl groups is 1. The molecule has 0 unspecified atom stereocenters. The lowest BCUT2D eigenvalue weighted by atomic mass is 10.4. The van der Waals surface area contributed by atoms with Crippen LogP contribution in [-0.2, 0) is 13.7 Å². The van der Waals surface area contributed by atoms with Crippen LogP contribution in [0.25, 0.3) is 10.7 Å². The molecule has 0 bridgehead atoms. The second-order valence-corrected chi connectivity index (χ2v) is 4.17. The normalized spacial score (nSPS) is 10.8. The highest BCUT2D eigenvalue weighted by Gasteiger charge is 2.13. The first-order valence-electron chi connectivity index (χ1n) is 4.10. The third-order valence-electron chi connectivity index (χ3n) is 1.98. The predicted molar refractivity (Wildman–Crippen MR) is 57.5 cm³/mol. The van der Waals surface area contributed by atoms with Crippen molar-refractivity contribution in [2.75, 3.05) is 0 Å². The molecule has 0 saturated heterocycles. The van der Waals surface area contributed by atoms with Crippen LogP contribution in [-0.4, -0.2) is 14.7 Å². The molecule has 0 atom stereocenters. The van der Waals surface area contributed by atoms with Gasteiger partial charge in [-0.25, -0.2) is 4.98 Å². The van der Waals surface area contributed by atoms with Crippen molar-refractivity contribution in [3.05, 3.63) is 28.4 Å². The molecular weight excluding hydrogens is 220 g/mol. The van der Waals surface area contributed by atoms with Crippen molar-refractivity contribution in [1.82, 2.24) is 9.55 Å². The largest absolute Gasteiger partial charge is 0.390 e. The number of thiophene rings is 1. The molecule has 2 aromatic heterocycles. The summed E-state index contributed by atoms with van der Waals surface area (Å²) in [6, 6.07) is 3.94. The highest BCUT2D eigenvalue weighted by atomic mass is 35.5. The van der Waals surface area contributed by atoms with Crippen molar-refractivity contribution >= 4 is 22.9 Å². The first-order chi connectivity index (χ1) is 6.74. The van der Waals surface area contributed by atoms with E-state index in [1.807, 2.05) is 24.6 Å². The summed E-state index contributed by atoms with van der Waals surface area (Å²) in [4.78, 5) is 5.31. The van der Waals surface area contributed by atoms with Gasteiger partial charge in [0.05, 0.1) is 11.5 Å². The maximum atomic E-state index is 9.00. The van der Waals surface area contributed by atoms with Crippen molar-refractivity contribution in [2.24, 2.45) is 7.05 Å². The maximum absolute atomic E-state index is 9.00. The molecule has 0 saturated carbocycles. The van der Waals surface area contributed by atoms with E-state index in [0.717, 1.165) is 10.7 Å². The average Bonchev–Trinajstić information content (AvgIpc) is 2.78. The molecule has 3 nitrogen and oxygen atoms in total. The number of hydrogen-bond donors (Lipinski definition) is 1. The second-order valence-electron chi connectivity index (χ2n) is 2.87. The van der Waals surface area contributed by atoms with Gasteiger partial charge in [0.1, 0.15) is 10.8 Å². The van der Waals surface area contributed by atoms with Crippen LogP contribution in [0, 0.1) is 0 Å². The van der Waals surface area contributed by atoms with E-state index in [1.165, 1.54) is 0 Å². The molecule has 0 spiro atoms. The van der Waals surface area contributed by atoms with Gasteiger partial charge in [0.15, 0.2) is 5.82 Å². The zero-order chi connectivity index (χ0) is 10.1. The summed E-state index contributed by atoms with van der Waals surface area (Å²) >= 11 is 7.58. The number of aromatic nitrogens is 2. The Morgan fingerprint density at radius 2 is 2.43 bits per heavy atom. The molecule has 0 amide bonds. The van der Waals surface area contributed by atoms with Gasteiger partial charge in [-0.15, -0.1) is 11.3 Å². The zero-order valence-corrected chi connectivity index (χ0v) is 9.14. The van der Waals surface area contributed by atoms with E-state index in [2.05, 4.69) is 4.98 Å². The minimum absolute atomic E-state index is 0.127. The van der Waals surface area contributed by atoms with Crippen LogP contribution in [0.5, 0.6) is 0 Å². The summed E-state index contributed by atoms with van der Waals surface area (Å²) in [7, 11) is 1.84. The topological polar surface area (TPSA) is 38.0 Å². The number of aliphatic hydroxyl groups excluding tert-OH is 1. The van der Waals surface area contributed by atoms with Crippen molar-refractivity contribution in [1.29, 1.82) is 0 Å². The van der Waals surface area contributed by atoms with Crippen LogP contribution >= 0.6 is 22.9 Å². The van der Waals surface area contributed by atoms with Gasteiger partial charge in [-0.2, -0.15) is 0 Å². The molecule has 1 N–H and O–H groups in total. The predicted octanol–water partition coefficient (Wildman–Crippen LogP) is 2.29. The first-order valence-corrected chi connectivity index (χ1v) is 5.35. The van der Waals surface area contributed by atoms with Gasteiger partial charge >= 0.3 is 0 Å². The van der Waals surface area contributed by atoms with Crippen LogP contribution in [0.3, 0.4) is 0 Å². The number of rotatable bonds is 2. The highest BCUT2D eigenvalue weighted by molar-refractivity contribution is 7.13. The number of imidazole rings is 1. The Kier molecular flexibility index (Phi) is 2.58. The molecule has 74 valence electrons. The lowest BCUT2D eigenvalue weighted by Crippen LogP contribution is -1.90. The van der Waals surface area contributed by atoms with E-state index in [4.69, 9.17) is 16.7 Å². The third-order valence-corrected chi connectivity index (χ3v) is 3.32. The van der Waals surface area contributed by atoms with Gasteiger partial charge < -0.3 is 9.67 Å². The second kappa shape index (κ2) is 3.73. The van der Waals surface area contributed by atoms with E-state index in [9.17, 15) is 0 Å². The monoisotopic (exact) mass is 228 g/mol. The summed E-state index contributed by atoms with van der Waals surface area (Å²) in [6.07, 6.45) is 0. The first kappa shape index (κ1) is 9.71. The molecule has 0 fully saturated rings. The summed E-state index contributed by atoms with van der Waals surface area (Å²) < 4.78 is 1.78. The minimum Gasteiger partial charge on any atom is -0.390 e. The molecule has 5 heteroatoms. The number of hydrogen-bond acceptors (Lipinski definition) is 3. The zero-order valence-electron chi connectivity index (χ0n) is 7.57. The number of halogens is 1. The SMILES string of the molecule is Cn1c(-c2cccs2)nc(CO)c1Cl. The summed E-state index contributed by atoms with van der Waals surface area (Å²) in [6.45, 7) is -0.127. The average molecular weight is 229 g/mol. The quantitative estimate of drug-likeness (QED) is 0.857. The Balaban J connectivity index is 2.55. The van der Waals surface area contributed by atoms with Crippen molar-refractivity contribution < 1.29 is 5.11 Å². The van der Waals surface area contributed by atoms with E-state index >= 15 is 0 Å². The number of nitrogens with zero attached hydrogens (tertiary/aromatic N) is 2.